The van der Waals surface area contributed by atoms with Crippen LogP contribution in [0.15, 0.2) is 11.6 Å². The van der Waals surface area contributed by atoms with E-state index in [1.165, 1.54) is 12.0 Å². The Balaban J connectivity index is 1.52. The minimum absolute atomic E-state index is 0.0909. The predicted molar refractivity (Wildman–Crippen MR) is 92.3 cm³/mol. The van der Waals surface area contributed by atoms with E-state index < -0.39 is 0 Å². The smallest absolute Gasteiger partial charge is 0.0841 e. The van der Waals surface area contributed by atoms with Crippen molar-refractivity contribution >= 4 is 0 Å². The maximum atomic E-state index is 10.8. The molecule has 4 fully saturated rings. The van der Waals surface area contributed by atoms with Crippen LogP contribution in [0.1, 0.15) is 58.8 Å². The molecule has 3 saturated carbocycles. The summed E-state index contributed by atoms with van der Waals surface area (Å²) in [6, 6.07) is 0. The molecule has 0 aromatic carbocycles. The van der Waals surface area contributed by atoms with E-state index >= 15 is 0 Å². The fourth-order valence-corrected chi connectivity index (χ4v) is 7.48. The molecule has 3 heteroatoms. The highest BCUT2D eigenvalue weighted by atomic mass is 16.6. The normalized spacial score (nSPS) is 59.2. The Bertz CT molecular complexity index is 567. The van der Waals surface area contributed by atoms with Crippen molar-refractivity contribution < 1.29 is 14.9 Å². The summed E-state index contributed by atoms with van der Waals surface area (Å²) in [6.45, 7) is 5.73. The van der Waals surface area contributed by atoms with Gasteiger partial charge in [-0.25, -0.2) is 0 Å². The fraction of sp³-hybridized carbons (Fsp3) is 0.905. The number of allylic oxidation sites excluding steroid dienone is 1. The zero-order chi connectivity index (χ0) is 16.7. The van der Waals surface area contributed by atoms with Gasteiger partial charge in [0.1, 0.15) is 0 Å². The van der Waals surface area contributed by atoms with Crippen LogP contribution < -0.4 is 0 Å². The van der Waals surface area contributed by atoms with Crippen LogP contribution in [-0.2, 0) is 4.74 Å². The first kappa shape index (κ1) is 15.8. The van der Waals surface area contributed by atoms with E-state index in [1.807, 2.05) is 0 Å². The van der Waals surface area contributed by atoms with Gasteiger partial charge >= 0.3 is 0 Å². The molecule has 1 saturated heterocycles. The molecular weight excluding hydrogens is 300 g/mol. The minimum Gasteiger partial charge on any atom is -0.393 e. The Hall–Kier alpha value is -0.380. The highest BCUT2D eigenvalue weighted by molar-refractivity contribution is 5.26. The van der Waals surface area contributed by atoms with Crippen LogP contribution in [0.5, 0.6) is 0 Å². The summed E-state index contributed by atoms with van der Waals surface area (Å²) < 4.78 is 5.70. The van der Waals surface area contributed by atoms with Gasteiger partial charge in [0.05, 0.1) is 24.9 Å². The standard InChI is InChI=1S/C21H32O3/c1-20-7-5-13(22)9-12(20)3-4-14-16(20)6-8-21(2)18(23)10-15(19(14)21)17-11-24-17/h3,13-19,22-23H,4-11H2,1-2H3/t13-,14+,15-,16-,17?,18-,19+,20-,21+/m0/s1. The van der Waals surface area contributed by atoms with Gasteiger partial charge in [0.25, 0.3) is 0 Å². The molecular formula is C21H32O3. The van der Waals surface area contributed by atoms with Crippen molar-refractivity contribution in [1.29, 1.82) is 0 Å². The van der Waals surface area contributed by atoms with E-state index in [0.717, 1.165) is 51.0 Å². The number of aliphatic hydroxyl groups is 2. The molecule has 1 aliphatic heterocycles. The van der Waals surface area contributed by atoms with E-state index in [9.17, 15) is 10.2 Å². The van der Waals surface area contributed by atoms with E-state index in [1.54, 1.807) is 0 Å². The lowest BCUT2D eigenvalue weighted by Gasteiger charge is -2.58. The maximum Gasteiger partial charge on any atom is 0.0841 e. The molecule has 0 amide bonds. The second kappa shape index (κ2) is 5.08. The van der Waals surface area contributed by atoms with Crippen molar-refractivity contribution in [3.8, 4) is 0 Å². The molecule has 5 rings (SSSR count). The topological polar surface area (TPSA) is 53.0 Å². The maximum absolute atomic E-state index is 10.8. The average molecular weight is 332 g/mol. The number of hydrogen-bond acceptors (Lipinski definition) is 3. The molecule has 9 atom stereocenters. The average Bonchev–Trinajstić information content (AvgIpc) is 3.34. The van der Waals surface area contributed by atoms with Crippen LogP contribution in [0, 0.1) is 34.5 Å². The number of fused-ring (bicyclic) bond motifs is 5. The third kappa shape index (κ3) is 2.01. The van der Waals surface area contributed by atoms with Crippen molar-refractivity contribution in [2.24, 2.45) is 34.5 Å². The van der Waals surface area contributed by atoms with Crippen molar-refractivity contribution in [3.63, 3.8) is 0 Å². The number of hydrogen-bond donors (Lipinski definition) is 2. The van der Waals surface area contributed by atoms with Crippen LogP contribution in [-0.4, -0.2) is 35.1 Å². The van der Waals surface area contributed by atoms with Gasteiger partial charge in [-0.1, -0.05) is 25.5 Å². The first-order chi connectivity index (χ1) is 11.4. The number of aliphatic hydroxyl groups excluding tert-OH is 2. The summed E-state index contributed by atoms with van der Waals surface area (Å²) >= 11 is 0. The van der Waals surface area contributed by atoms with E-state index in [-0.39, 0.29) is 23.0 Å². The number of rotatable bonds is 1. The molecule has 3 nitrogen and oxygen atoms in total. The monoisotopic (exact) mass is 332 g/mol. The van der Waals surface area contributed by atoms with Crippen LogP contribution in [0.25, 0.3) is 0 Å². The fourth-order valence-electron chi connectivity index (χ4n) is 7.48. The summed E-state index contributed by atoms with van der Waals surface area (Å²) in [5.74, 6) is 2.60. The van der Waals surface area contributed by atoms with Crippen molar-refractivity contribution in [2.45, 2.75) is 77.1 Å². The van der Waals surface area contributed by atoms with Gasteiger partial charge < -0.3 is 14.9 Å². The first-order valence-electron chi connectivity index (χ1n) is 10.1. The summed E-state index contributed by atoms with van der Waals surface area (Å²) in [6.07, 6.45) is 10.1. The molecule has 4 aliphatic carbocycles. The van der Waals surface area contributed by atoms with Gasteiger partial charge in [0.2, 0.25) is 0 Å². The molecule has 0 spiro atoms. The minimum atomic E-state index is -0.149. The molecule has 24 heavy (non-hydrogen) atoms. The molecule has 0 radical (unpaired) electrons. The van der Waals surface area contributed by atoms with E-state index in [2.05, 4.69) is 19.9 Å². The van der Waals surface area contributed by atoms with Gasteiger partial charge in [-0.15, -0.1) is 0 Å². The molecule has 2 N–H and O–H groups in total. The van der Waals surface area contributed by atoms with Gasteiger partial charge in [-0.05, 0) is 79.4 Å². The Morgan fingerprint density at radius 2 is 1.92 bits per heavy atom. The largest absolute Gasteiger partial charge is 0.393 e. The predicted octanol–water partition coefficient (Wildman–Crippen LogP) is 3.30. The summed E-state index contributed by atoms with van der Waals surface area (Å²) in [5, 5.41) is 21.0. The van der Waals surface area contributed by atoms with Gasteiger partial charge in [0.15, 0.2) is 0 Å². The summed E-state index contributed by atoms with van der Waals surface area (Å²) in [4.78, 5) is 0. The Labute approximate surface area is 145 Å². The zero-order valence-electron chi connectivity index (χ0n) is 15.1. The quantitative estimate of drug-likeness (QED) is 0.572. The molecule has 0 aromatic rings. The molecule has 1 unspecified atom stereocenters. The van der Waals surface area contributed by atoms with E-state index in [4.69, 9.17) is 4.74 Å². The molecule has 0 bridgehead atoms. The lowest BCUT2D eigenvalue weighted by Crippen LogP contribution is -2.52. The lowest BCUT2D eigenvalue weighted by atomic mass is 9.47. The van der Waals surface area contributed by atoms with E-state index in [0.29, 0.717) is 23.9 Å². The zero-order valence-corrected chi connectivity index (χ0v) is 15.1. The highest BCUT2D eigenvalue weighted by Crippen LogP contribution is 2.67. The van der Waals surface area contributed by atoms with Gasteiger partial charge in [-0.3, -0.25) is 0 Å². The SMILES string of the molecule is C[C@]12CC[C@H]3[C@@H](CC=C4C[C@@H](O)CC[C@@]43C)[C@@H]1[C@H](C1CO1)C[C@@H]2O. The number of ether oxygens (including phenoxy) is 1. The molecule has 134 valence electrons. The van der Waals surface area contributed by atoms with Gasteiger partial charge in [0, 0.05) is 0 Å². The lowest BCUT2D eigenvalue weighted by molar-refractivity contribution is -0.0805. The third-order valence-corrected chi connectivity index (χ3v) is 8.93. The van der Waals surface area contributed by atoms with Crippen molar-refractivity contribution in [3.05, 3.63) is 11.6 Å². The van der Waals surface area contributed by atoms with Crippen LogP contribution >= 0.6 is 0 Å². The molecule has 0 aromatic heterocycles. The van der Waals surface area contributed by atoms with Gasteiger partial charge in [-0.2, -0.15) is 0 Å². The summed E-state index contributed by atoms with van der Waals surface area (Å²) in [5.41, 5.74) is 1.91. The second-order valence-corrected chi connectivity index (χ2v) is 9.91. The Kier molecular flexibility index (Phi) is 3.35. The van der Waals surface area contributed by atoms with Crippen LogP contribution in [0.2, 0.25) is 0 Å². The molecule has 5 aliphatic rings. The highest BCUT2D eigenvalue weighted by Gasteiger charge is 2.63. The second-order valence-electron chi connectivity index (χ2n) is 9.91. The van der Waals surface area contributed by atoms with Crippen molar-refractivity contribution in [2.75, 3.05) is 6.61 Å². The van der Waals surface area contributed by atoms with Crippen molar-refractivity contribution in [1.82, 2.24) is 0 Å². The van der Waals surface area contributed by atoms with Crippen LogP contribution in [0.3, 0.4) is 0 Å². The third-order valence-electron chi connectivity index (χ3n) is 8.93. The Morgan fingerprint density at radius 1 is 1.12 bits per heavy atom. The number of epoxide rings is 1. The Morgan fingerprint density at radius 3 is 2.67 bits per heavy atom. The summed E-state index contributed by atoms with van der Waals surface area (Å²) in [7, 11) is 0. The first-order valence-corrected chi connectivity index (χ1v) is 10.1. The molecule has 1 heterocycles. The van der Waals surface area contributed by atoms with Crippen LogP contribution in [0.4, 0.5) is 0 Å².